The average Bonchev–Trinajstić information content (AvgIpc) is 3.27. The number of ether oxygens (including phenoxy) is 1. The van der Waals surface area contributed by atoms with Gasteiger partial charge in [-0.25, -0.2) is 4.79 Å². The summed E-state index contributed by atoms with van der Waals surface area (Å²) in [6, 6.07) is 16.4. The van der Waals surface area contributed by atoms with Crippen LogP contribution in [0.4, 0.5) is 11.4 Å². The van der Waals surface area contributed by atoms with Gasteiger partial charge < -0.3 is 9.64 Å². The molecule has 210 valence electrons. The van der Waals surface area contributed by atoms with Crippen molar-refractivity contribution in [1.29, 1.82) is 5.41 Å². The fourth-order valence-corrected chi connectivity index (χ4v) is 6.39. The van der Waals surface area contributed by atoms with E-state index in [1.54, 1.807) is 0 Å². The van der Waals surface area contributed by atoms with Crippen LogP contribution in [0.3, 0.4) is 0 Å². The highest BCUT2D eigenvalue weighted by Crippen LogP contribution is 2.49. The van der Waals surface area contributed by atoms with Crippen molar-refractivity contribution >= 4 is 34.7 Å². The minimum absolute atomic E-state index is 0.0219. The molecule has 0 saturated heterocycles. The quantitative estimate of drug-likeness (QED) is 0.144. The number of para-hydroxylation sites is 2. The number of nitrogens with zero attached hydrogens (tertiary/aromatic N) is 2. The first-order chi connectivity index (χ1) is 19.5. The van der Waals surface area contributed by atoms with E-state index in [1.165, 1.54) is 11.1 Å². The highest BCUT2D eigenvalue weighted by atomic mass is 16.5. The molecule has 2 aliphatic heterocycles. The van der Waals surface area contributed by atoms with E-state index in [1.807, 2.05) is 57.4 Å². The number of hydrogen-bond donors (Lipinski definition) is 1. The molecule has 0 spiro atoms. The number of likely N-dealkylation sites (N-methyl/N-ethyl adjacent to an activating group) is 1. The second-order valence-corrected chi connectivity index (χ2v) is 12.0. The fraction of sp³-hybridized carbons (Fsp3) is 0.343. The molecule has 0 atom stereocenters. The van der Waals surface area contributed by atoms with E-state index in [0.29, 0.717) is 16.7 Å². The number of esters is 1. The number of Topliss-reactive ketones (excluding diaryl/α,β-unsaturated/α-hetero) is 1. The SMILES string of the molecule is CCCCOC(=O)C(=C=N)C1=C(/C=C2\N(C)c3ccccc3C2(C)C)C(=O)/C1=C\C1=[N+](C)c2ccccc2C1(C)C. The summed E-state index contributed by atoms with van der Waals surface area (Å²) in [4.78, 5) is 29.3. The van der Waals surface area contributed by atoms with Crippen molar-refractivity contribution in [3.63, 3.8) is 0 Å². The molecule has 6 heteroatoms. The van der Waals surface area contributed by atoms with Crippen molar-refractivity contribution in [2.45, 2.75) is 58.3 Å². The third kappa shape index (κ3) is 4.34. The predicted octanol–water partition coefficient (Wildman–Crippen LogP) is 6.33. The van der Waals surface area contributed by atoms with E-state index in [0.717, 1.165) is 35.6 Å². The van der Waals surface area contributed by atoms with Crippen molar-refractivity contribution < 1.29 is 18.9 Å². The maximum absolute atomic E-state index is 14.0. The van der Waals surface area contributed by atoms with Crippen LogP contribution >= 0.6 is 0 Å². The number of anilines is 1. The first-order valence-electron chi connectivity index (χ1n) is 14.2. The van der Waals surface area contributed by atoms with Crippen LogP contribution in [-0.2, 0) is 25.2 Å². The molecule has 1 aliphatic carbocycles. The monoisotopic (exact) mass is 548 g/mol. The minimum atomic E-state index is -0.632. The van der Waals surface area contributed by atoms with E-state index < -0.39 is 5.97 Å². The lowest BCUT2D eigenvalue weighted by Crippen LogP contribution is -2.32. The van der Waals surface area contributed by atoms with Gasteiger partial charge in [0.15, 0.2) is 11.5 Å². The molecule has 0 radical (unpaired) electrons. The van der Waals surface area contributed by atoms with Gasteiger partial charge in [0.25, 0.3) is 0 Å². The van der Waals surface area contributed by atoms with Gasteiger partial charge in [-0.3, -0.25) is 10.2 Å². The van der Waals surface area contributed by atoms with Gasteiger partial charge >= 0.3 is 5.97 Å². The molecule has 0 unspecified atom stereocenters. The lowest BCUT2D eigenvalue weighted by Gasteiger charge is -2.29. The Balaban J connectivity index is 1.67. The molecule has 2 aromatic rings. The normalized spacial score (nSPS) is 20.3. The van der Waals surface area contributed by atoms with Gasteiger partial charge in [-0.15, -0.1) is 0 Å². The molecule has 1 N–H and O–H groups in total. The van der Waals surface area contributed by atoms with Gasteiger partial charge in [-0.2, -0.15) is 4.58 Å². The number of carbonyl (C=O) groups excluding carboxylic acids is 2. The van der Waals surface area contributed by atoms with Gasteiger partial charge in [0.1, 0.15) is 12.6 Å². The Morgan fingerprint density at radius 3 is 2.32 bits per heavy atom. The Hall–Kier alpha value is -4.28. The topological polar surface area (TPSA) is 73.5 Å². The van der Waals surface area contributed by atoms with Crippen LogP contribution in [0.1, 0.15) is 58.6 Å². The number of benzene rings is 2. The van der Waals surface area contributed by atoms with Gasteiger partial charge in [-0.1, -0.05) is 63.6 Å². The largest absolute Gasteiger partial charge is 0.462 e. The van der Waals surface area contributed by atoms with Gasteiger partial charge in [0, 0.05) is 58.3 Å². The van der Waals surface area contributed by atoms with Crippen LogP contribution in [0.5, 0.6) is 0 Å². The zero-order chi connectivity index (χ0) is 29.7. The van der Waals surface area contributed by atoms with E-state index in [4.69, 9.17) is 10.1 Å². The molecular formula is C35H38N3O3+. The zero-order valence-corrected chi connectivity index (χ0v) is 25.0. The highest BCUT2D eigenvalue weighted by molar-refractivity contribution is 6.29. The molecule has 0 fully saturated rings. The molecule has 2 heterocycles. The van der Waals surface area contributed by atoms with Crippen molar-refractivity contribution in [2.24, 2.45) is 0 Å². The first kappa shape index (κ1) is 28.3. The Labute approximate surface area is 242 Å². The van der Waals surface area contributed by atoms with Crippen LogP contribution in [-0.4, -0.2) is 48.6 Å². The van der Waals surface area contributed by atoms with Crippen molar-refractivity contribution in [2.75, 3.05) is 25.6 Å². The number of rotatable bonds is 7. The molecule has 0 bridgehead atoms. The van der Waals surface area contributed by atoms with Crippen LogP contribution in [0, 0.1) is 5.41 Å². The van der Waals surface area contributed by atoms with Crippen LogP contribution in [0.15, 0.2) is 88.7 Å². The van der Waals surface area contributed by atoms with E-state index in [2.05, 4.69) is 67.3 Å². The predicted molar refractivity (Wildman–Crippen MR) is 163 cm³/mol. The molecule has 6 nitrogen and oxygen atoms in total. The maximum Gasteiger partial charge on any atom is 0.348 e. The average molecular weight is 549 g/mol. The number of ketones is 1. The van der Waals surface area contributed by atoms with E-state index in [-0.39, 0.29) is 28.8 Å². The second-order valence-electron chi connectivity index (χ2n) is 12.0. The lowest BCUT2D eigenvalue weighted by molar-refractivity contribution is -0.401. The molecule has 3 aliphatic rings. The first-order valence-corrected chi connectivity index (χ1v) is 14.2. The summed E-state index contributed by atoms with van der Waals surface area (Å²) in [5.41, 5.74) is 6.88. The standard InChI is InChI=1S/C35H38N3O3/c1-8-9-18-41-33(40)24(21-36)31-22(19-29-34(2,3)25-14-10-12-16-27(25)37(29)6)32(39)23(31)20-30-35(4,5)26-15-11-13-17-28(26)38(30)7/h10-17,19-20,36H,8-9,18H2,1-7H3/q+1. The molecule has 0 amide bonds. The fourth-order valence-electron chi connectivity index (χ4n) is 6.39. The smallest absolute Gasteiger partial charge is 0.348 e. The number of hydrogen-bond acceptors (Lipinski definition) is 5. The van der Waals surface area contributed by atoms with E-state index >= 15 is 0 Å². The summed E-state index contributed by atoms with van der Waals surface area (Å²) in [5.74, 6) is 1.54. The lowest BCUT2D eigenvalue weighted by atomic mass is 9.73. The summed E-state index contributed by atoms with van der Waals surface area (Å²) >= 11 is 0. The molecule has 5 rings (SSSR count). The van der Waals surface area contributed by atoms with E-state index in [9.17, 15) is 9.59 Å². The third-order valence-electron chi connectivity index (χ3n) is 8.78. The molecule has 2 aromatic carbocycles. The third-order valence-corrected chi connectivity index (χ3v) is 8.78. The Bertz CT molecular complexity index is 1660. The summed E-state index contributed by atoms with van der Waals surface area (Å²) < 4.78 is 7.61. The number of allylic oxidation sites excluding steroid dienone is 5. The number of fused-ring (bicyclic) bond motifs is 2. The Kier molecular flexibility index (Phi) is 7.08. The highest BCUT2D eigenvalue weighted by Gasteiger charge is 2.47. The van der Waals surface area contributed by atoms with Gasteiger partial charge in [0.2, 0.25) is 5.69 Å². The molecule has 41 heavy (non-hydrogen) atoms. The van der Waals surface area contributed by atoms with Crippen molar-refractivity contribution in [3.05, 3.63) is 99.8 Å². The molecule has 0 aromatic heterocycles. The summed E-state index contributed by atoms with van der Waals surface area (Å²) in [7, 11) is 3.99. The number of carbonyl (C=O) groups is 2. The van der Waals surface area contributed by atoms with Crippen molar-refractivity contribution in [1.82, 2.24) is 0 Å². The second kappa shape index (κ2) is 10.3. The van der Waals surface area contributed by atoms with Crippen molar-refractivity contribution in [3.8, 4) is 0 Å². The van der Waals surface area contributed by atoms with Crippen LogP contribution in [0.2, 0.25) is 0 Å². The maximum atomic E-state index is 14.0. The molecular weight excluding hydrogens is 510 g/mol. The summed E-state index contributed by atoms with van der Waals surface area (Å²) in [5, 5.41) is 8.09. The minimum Gasteiger partial charge on any atom is -0.462 e. The Morgan fingerprint density at radius 1 is 1.02 bits per heavy atom. The zero-order valence-electron chi connectivity index (χ0n) is 25.0. The van der Waals surface area contributed by atoms with Crippen LogP contribution in [0.25, 0.3) is 0 Å². The summed E-state index contributed by atoms with van der Waals surface area (Å²) in [6.07, 6.45) is 5.37. The van der Waals surface area contributed by atoms with Gasteiger partial charge in [-0.05, 0) is 43.8 Å². The van der Waals surface area contributed by atoms with Gasteiger partial charge in [0.05, 0.1) is 12.0 Å². The molecule has 0 saturated carbocycles. The van der Waals surface area contributed by atoms with Crippen LogP contribution < -0.4 is 4.90 Å². The summed E-state index contributed by atoms with van der Waals surface area (Å²) in [6.45, 7) is 10.8. The Morgan fingerprint density at radius 2 is 1.68 bits per heavy atom. The number of nitrogens with one attached hydrogen (secondary N) is 1. The number of unbranched alkanes of at least 4 members (excludes halogenated alkanes) is 1.